The summed E-state index contributed by atoms with van der Waals surface area (Å²) in [6.45, 7) is 0. The van der Waals surface area contributed by atoms with Crippen molar-refractivity contribution < 1.29 is 9.21 Å². The standard InChI is InChI=1S/C18H17N3O2S2/c1-24-12-17-20-21-18(23-17)25-11-16(22)19-15-10-6-5-9-14(15)13-7-3-2-4-8-13/h2-10H,11-12H2,1H3,(H,19,22). The number of aromatic nitrogens is 2. The molecule has 7 heteroatoms. The lowest BCUT2D eigenvalue weighted by molar-refractivity contribution is -0.113. The molecule has 0 bridgehead atoms. The maximum atomic E-state index is 12.3. The molecular formula is C18H17N3O2S2. The van der Waals surface area contributed by atoms with Gasteiger partial charge in [0.05, 0.1) is 11.5 Å². The molecule has 1 heterocycles. The molecule has 1 amide bonds. The van der Waals surface area contributed by atoms with Crippen molar-refractivity contribution in [2.45, 2.75) is 11.0 Å². The molecule has 0 saturated heterocycles. The highest BCUT2D eigenvalue weighted by atomic mass is 32.2. The van der Waals surface area contributed by atoms with Gasteiger partial charge in [-0.3, -0.25) is 4.79 Å². The first kappa shape index (κ1) is 17.6. The van der Waals surface area contributed by atoms with Crippen molar-refractivity contribution in [3.63, 3.8) is 0 Å². The Labute approximate surface area is 154 Å². The number of carbonyl (C=O) groups is 1. The Morgan fingerprint density at radius 2 is 1.84 bits per heavy atom. The minimum absolute atomic E-state index is 0.113. The van der Waals surface area contributed by atoms with E-state index in [1.807, 2.05) is 60.9 Å². The van der Waals surface area contributed by atoms with Crippen LogP contribution in [0.1, 0.15) is 5.89 Å². The van der Waals surface area contributed by atoms with Gasteiger partial charge in [-0.05, 0) is 17.9 Å². The lowest BCUT2D eigenvalue weighted by Gasteiger charge is -2.10. The maximum Gasteiger partial charge on any atom is 0.277 e. The number of carbonyl (C=O) groups excluding carboxylic acids is 1. The lowest BCUT2D eigenvalue weighted by atomic mass is 10.0. The van der Waals surface area contributed by atoms with Gasteiger partial charge in [-0.2, -0.15) is 11.8 Å². The van der Waals surface area contributed by atoms with Crippen LogP contribution in [-0.2, 0) is 10.5 Å². The van der Waals surface area contributed by atoms with Crippen LogP contribution in [0.15, 0.2) is 64.2 Å². The number of anilines is 1. The highest BCUT2D eigenvalue weighted by Gasteiger charge is 2.11. The van der Waals surface area contributed by atoms with E-state index in [0.29, 0.717) is 16.9 Å². The summed E-state index contributed by atoms with van der Waals surface area (Å²) >= 11 is 2.84. The molecule has 128 valence electrons. The van der Waals surface area contributed by atoms with Gasteiger partial charge < -0.3 is 9.73 Å². The van der Waals surface area contributed by atoms with Gasteiger partial charge in [0, 0.05) is 11.3 Å². The number of rotatable bonds is 7. The maximum absolute atomic E-state index is 12.3. The number of amides is 1. The molecule has 1 N–H and O–H groups in total. The monoisotopic (exact) mass is 371 g/mol. The second kappa shape index (κ2) is 8.73. The molecule has 0 aliphatic carbocycles. The van der Waals surface area contributed by atoms with Crippen molar-refractivity contribution in [3.8, 4) is 11.1 Å². The Morgan fingerprint density at radius 1 is 1.08 bits per heavy atom. The first-order valence-corrected chi connectivity index (χ1v) is 10.0. The predicted molar refractivity (Wildman–Crippen MR) is 103 cm³/mol. The molecule has 2 aromatic carbocycles. The number of benzene rings is 2. The summed E-state index contributed by atoms with van der Waals surface area (Å²) < 4.78 is 5.46. The molecule has 0 spiro atoms. The molecule has 3 aromatic rings. The third-order valence-electron chi connectivity index (χ3n) is 3.33. The van der Waals surface area contributed by atoms with Crippen LogP contribution in [0, 0.1) is 0 Å². The molecule has 3 rings (SSSR count). The number of thioether (sulfide) groups is 2. The van der Waals surface area contributed by atoms with Crippen molar-refractivity contribution >= 4 is 35.1 Å². The fourth-order valence-corrected chi connectivity index (χ4v) is 3.20. The van der Waals surface area contributed by atoms with Gasteiger partial charge in [-0.1, -0.05) is 60.3 Å². The van der Waals surface area contributed by atoms with Gasteiger partial charge in [0.15, 0.2) is 0 Å². The largest absolute Gasteiger partial charge is 0.415 e. The first-order chi connectivity index (χ1) is 12.3. The van der Waals surface area contributed by atoms with E-state index < -0.39 is 0 Å². The van der Waals surface area contributed by atoms with E-state index in [1.165, 1.54) is 11.8 Å². The second-order valence-electron chi connectivity index (χ2n) is 5.14. The fourth-order valence-electron chi connectivity index (χ4n) is 2.25. The summed E-state index contributed by atoms with van der Waals surface area (Å²) in [7, 11) is 0. The van der Waals surface area contributed by atoms with E-state index in [-0.39, 0.29) is 11.7 Å². The van der Waals surface area contributed by atoms with E-state index in [9.17, 15) is 4.79 Å². The van der Waals surface area contributed by atoms with E-state index in [2.05, 4.69) is 15.5 Å². The molecule has 0 aliphatic heterocycles. The Morgan fingerprint density at radius 3 is 2.64 bits per heavy atom. The zero-order chi connectivity index (χ0) is 17.5. The fraction of sp³-hybridized carbons (Fsp3) is 0.167. The number of hydrogen-bond donors (Lipinski definition) is 1. The smallest absolute Gasteiger partial charge is 0.277 e. The van der Waals surface area contributed by atoms with Crippen molar-refractivity contribution in [1.82, 2.24) is 10.2 Å². The summed E-state index contributed by atoms with van der Waals surface area (Å²) in [5.74, 6) is 1.34. The number of para-hydroxylation sites is 1. The van der Waals surface area contributed by atoms with Gasteiger partial charge in [0.2, 0.25) is 11.8 Å². The van der Waals surface area contributed by atoms with E-state index >= 15 is 0 Å². The number of hydrogen-bond acceptors (Lipinski definition) is 6. The van der Waals surface area contributed by atoms with Crippen molar-refractivity contribution in [3.05, 3.63) is 60.5 Å². The second-order valence-corrected chi connectivity index (χ2v) is 6.94. The van der Waals surface area contributed by atoms with Crippen molar-refractivity contribution in [1.29, 1.82) is 0 Å². The molecule has 0 saturated carbocycles. The van der Waals surface area contributed by atoms with Gasteiger partial charge in [-0.25, -0.2) is 0 Å². The molecule has 0 fully saturated rings. The van der Waals surface area contributed by atoms with E-state index in [4.69, 9.17) is 4.42 Å². The van der Waals surface area contributed by atoms with Gasteiger partial charge in [0.25, 0.3) is 5.22 Å². The molecule has 0 atom stereocenters. The topological polar surface area (TPSA) is 68.0 Å². The zero-order valence-corrected chi connectivity index (χ0v) is 15.3. The average Bonchev–Trinajstić information content (AvgIpc) is 3.09. The van der Waals surface area contributed by atoms with Crippen LogP contribution in [0.5, 0.6) is 0 Å². The molecule has 1 aromatic heterocycles. The summed E-state index contributed by atoms with van der Waals surface area (Å²) in [6.07, 6.45) is 1.97. The molecular weight excluding hydrogens is 354 g/mol. The normalized spacial score (nSPS) is 10.6. The minimum atomic E-state index is -0.113. The van der Waals surface area contributed by atoms with Crippen molar-refractivity contribution in [2.24, 2.45) is 0 Å². The summed E-state index contributed by atoms with van der Waals surface area (Å²) in [4.78, 5) is 12.3. The number of nitrogens with zero attached hydrogens (tertiary/aromatic N) is 2. The summed E-state index contributed by atoms with van der Waals surface area (Å²) in [6, 6.07) is 17.7. The van der Waals surface area contributed by atoms with Crippen LogP contribution in [0.2, 0.25) is 0 Å². The van der Waals surface area contributed by atoms with E-state index in [0.717, 1.165) is 16.8 Å². The van der Waals surface area contributed by atoms with Gasteiger partial charge in [-0.15, -0.1) is 10.2 Å². The van der Waals surface area contributed by atoms with Crippen LogP contribution >= 0.6 is 23.5 Å². The average molecular weight is 371 g/mol. The van der Waals surface area contributed by atoms with Crippen LogP contribution in [0.4, 0.5) is 5.69 Å². The molecule has 25 heavy (non-hydrogen) atoms. The Hall–Kier alpha value is -2.25. The first-order valence-electron chi connectivity index (χ1n) is 7.64. The van der Waals surface area contributed by atoms with Crippen LogP contribution in [0.3, 0.4) is 0 Å². The van der Waals surface area contributed by atoms with E-state index in [1.54, 1.807) is 11.8 Å². The van der Waals surface area contributed by atoms with Gasteiger partial charge >= 0.3 is 0 Å². The van der Waals surface area contributed by atoms with Crippen LogP contribution < -0.4 is 5.32 Å². The minimum Gasteiger partial charge on any atom is -0.415 e. The molecule has 5 nitrogen and oxygen atoms in total. The quantitative estimate of drug-likeness (QED) is 0.624. The third kappa shape index (κ3) is 4.87. The van der Waals surface area contributed by atoms with Crippen molar-refractivity contribution in [2.75, 3.05) is 17.3 Å². The molecule has 0 aliphatic rings. The highest BCUT2D eigenvalue weighted by Crippen LogP contribution is 2.28. The Kier molecular flexibility index (Phi) is 6.14. The zero-order valence-electron chi connectivity index (χ0n) is 13.6. The predicted octanol–water partition coefficient (Wildman–Crippen LogP) is 4.33. The third-order valence-corrected chi connectivity index (χ3v) is 4.68. The Balaban J connectivity index is 1.63. The Bertz CT molecular complexity index is 837. The SMILES string of the molecule is CSCc1nnc(SCC(=O)Nc2ccccc2-c2ccccc2)o1. The number of nitrogens with one attached hydrogen (secondary N) is 1. The molecule has 0 radical (unpaired) electrons. The highest BCUT2D eigenvalue weighted by molar-refractivity contribution is 7.99. The lowest BCUT2D eigenvalue weighted by Crippen LogP contribution is -2.14. The summed E-state index contributed by atoms with van der Waals surface area (Å²) in [5, 5.41) is 11.2. The molecule has 0 unspecified atom stereocenters. The van der Waals surface area contributed by atoms with Crippen LogP contribution in [-0.4, -0.2) is 28.1 Å². The van der Waals surface area contributed by atoms with Crippen LogP contribution in [0.25, 0.3) is 11.1 Å². The summed E-state index contributed by atoms with van der Waals surface area (Å²) in [5.41, 5.74) is 2.83. The van der Waals surface area contributed by atoms with Gasteiger partial charge in [0.1, 0.15) is 0 Å².